The molecule has 0 unspecified atom stereocenters. The molecule has 0 saturated heterocycles. The van der Waals surface area contributed by atoms with Crippen LogP contribution in [0.2, 0.25) is 0 Å². The molecule has 0 fully saturated rings. The lowest BCUT2D eigenvalue weighted by Crippen LogP contribution is -2.43. The van der Waals surface area contributed by atoms with E-state index in [0.717, 1.165) is 21.3 Å². The Hall–Kier alpha value is -4.72. The van der Waals surface area contributed by atoms with Gasteiger partial charge in [0.1, 0.15) is 6.54 Å². The van der Waals surface area contributed by atoms with Crippen LogP contribution in [-0.2, 0) is 24.4 Å². The molecule has 0 radical (unpaired) electrons. The quantitative estimate of drug-likeness (QED) is 0.387. The monoisotopic (exact) mass is 479 g/mol. The van der Waals surface area contributed by atoms with Crippen molar-refractivity contribution < 1.29 is 4.79 Å². The maximum Gasteiger partial charge on any atom is 0.333 e. The lowest BCUT2D eigenvalue weighted by atomic mass is 10.2. The van der Waals surface area contributed by atoms with E-state index in [1.165, 1.54) is 4.57 Å². The molecule has 0 atom stereocenters. The van der Waals surface area contributed by atoms with E-state index in [0.29, 0.717) is 17.9 Å². The Morgan fingerprint density at radius 1 is 0.806 bits per heavy atom. The first kappa shape index (κ1) is 23.0. The van der Waals surface area contributed by atoms with Gasteiger partial charge in [-0.25, -0.2) is 14.3 Å². The molecule has 0 bridgehead atoms. The van der Waals surface area contributed by atoms with Gasteiger partial charge in [0, 0.05) is 12.2 Å². The van der Waals surface area contributed by atoms with Crippen molar-refractivity contribution in [1.29, 1.82) is 0 Å². The third-order valence-corrected chi connectivity index (χ3v) is 6.08. The Kier molecular flexibility index (Phi) is 6.32. The molecule has 5 rings (SSSR count). The number of rotatable bonds is 7. The van der Waals surface area contributed by atoms with Crippen LogP contribution in [0, 0.1) is 6.92 Å². The number of nitrogens with zero attached hydrogens (tertiary/aromatic N) is 4. The number of carbonyl (C=O) groups is 1. The summed E-state index contributed by atoms with van der Waals surface area (Å²) in [5.41, 5.74) is 2.83. The highest BCUT2D eigenvalue weighted by Gasteiger charge is 2.20. The molecule has 36 heavy (non-hydrogen) atoms. The molecule has 2 heterocycles. The second-order valence-electron chi connectivity index (χ2n) is 8.64. The summed E-state index contributed by atoms with van der Waals surface area (Å²) in [4.78, 5) is 44.5. The number of carbonyl (C=O) groups excluding carboxylic acids is 1. The molecule has 2 aromatic heterocycles. The van der Waals surface area contributed by atoms with E-state index >= 15 is 0 Å². The number of hydrogen-bond acceptors (Lipinski definition) is 4. The molecule has 0 aliphatic carbocycles. The standard InChI is InChI=1S/C28H25N5O3/c1-20-10-8-9-15-23(20)30-24(34)18-33-27(35)25-26(29-19-31(25)16-21-11-4-2-5-12-21)32(28(33)36)17-22-13-6-3-7-14-22/h2-15,19H,16-18H2,1H3,(H,30,34). The lowest BCUT2D eigenvalue weighted by Gasteiger charge is -2.13. The molecule has 0 spiro atoms. The fourth-order valence-corrected chi connectivity index (χ4v) is 4.23. The topological polar surface area (TPSA) is 90.9 Å². The largest absolute Gasteiger partial charge is 0.333 e. The number of anilines is 1. The van der Waals surface area contributed by atoms with Crippen LogP contribution in [0.1, 0.15) is 16.7 Å². The van der Waals surface area contributed by atoms with Gasteiger partial charge in [-0.05, 0) is 29.7 Å². The number of imidazole rings is 1. The zero-order chi connectivity index (χ0) is 25.1. The number of para-hydroxylation sites is 1. The lowest BCUT2D eigenvalue weighted by molar-refractivity contribution is -0.116. The number of hydrogen-bond donors (Lipinski definition) is 1. The molecule has 180 valence electrons. The second-order valence-corrected chi connectivity index (χ2v) is 8.64. The maximum absolute atomic E-state index is 13.6. The van der Waals surface area contributed by atoms with Gasteiger partial charge >= 0.3 is 5.69 Å². The first-order valence-corrected chi connectivity index (χ1v) is 11.6. The van der Waals surface area contributed by atoms with Crippen molar-refractivity contribution in [1.82, 2.24) is 18.7 Å². The van der Waals surface area contributed by atoms with E-state index in [4.69, 9.17) is 0 Å². The van der Waals surface area contributed by atoms with E-state index in [1.54, 1.807) is 17.0 Å². The number of fused-ring (bicyclic) bond motifs is 1. The van der Waals surface area contributed by atoms with Crippen molar-refractivity contribution in [2.45, 2.75) is 26.6 Å². The summed E-state index contributed by atoms with van der Waals surface area (Å²) in [5, 5.41) is 2.81. The van der Waals surface area contributed by atoms with Gasteiger partial charge in [0.25, 0.3) is 5.56 Å². The van der Waals surface area contributed by atoms with Gasteiger partial charge in [0.2, 0.25) is 5.91 Å². The first-order chi connectivity index (χ1) is 17.5. The zero-order valence-electron chi connectivity index (χ0n) is 19.8. The van der Waals surface area contributed by atoms with Gasteiger partial charge in [0.05, 0.1) is 12.9 Å². The highest BCUT2D eigenvalue weighted by Crippen LogP contribution is 2.14. The highest BCUT2D eigenvalue weighted by atomic mass is 16.2. The van der Waals surface area contributed by atoms with Crippen LogP contribution in [-0.4, -0.2) is 24.6 Å². The number of benzene rings is 3. The van der Waals surface area contributed by atoms with Crippen molar-refractivity contribution in [3.8, 4) is 0 Å². The number of amides is 1. The second kappa shape index (κ2) is 9.87. The number of nitrogens with one attached hydrogen (secondary N) is 1. The van der Waals surface area contributed by atoms with Crippen molar-refractivity contribution in [2.75, 3.05) is 5.32 Å². The van der Waals surface area contributed by atoms with Gasteiger partial charge in [-0.15, -0.1) is 0 Å². The molecular formula is C28H25N5O3. The predicted octanol–water partition coefficient (Wildman–Crippen LogP) is 3.40. The third kappa shape index (κ3) is 4.61. The summed E-state index contributed by atoms with van der Waals surface area (Å²) >= 11 is 0. The average molecular weight is 480 g/mol. The maximum atomic E-state index is 13.6. The molecular weight excluding hydrogens is 454 g/mol. The zero-order valence-corrected chi connectivity index (χ0v) is 19.8. The molecule has 1 N–H and O–H groups in total. The molecule has 8 nitrogen and oxygen atoms in total. The van der Waals surface area contributed by atoms with Gasteiger partial charge < -0.3 is 9.88 Å². The minimum Gasteiger partial charge on any atom is -0.324 e. The summed E-state index contributed by atoms with van der Waals surface area (Å²) < 4.78 is 4.17. The Balaban J connectivity index is 1.60. The normalized spacial score (nSPS) is 11.0. The van der Waals surface area contributed by atoms with E-state index in [-0.39, 0.29) is 12.1 Å². The van der Waals surface area contributed by atoms with Crippen molar-refractivity contribution in [2.24, 2.45) is 0 Å². The summed E-state index contributed by atoms with van der Waals surface area (Å²) in [5.74, 6) is -0.455. The highest BCUT2D eigenvalue weighted by molar-refractivity contribution is 5.91. The SMILES string of the molecule is Cc1ccccc1NC(=O)Cn1c(=O)c2c(ncn2Cc2ccccc2)n(Cc2ccccc2)c1=O. The minimum atomic E-state index is -0.582. The van der Waals surface area contributed by atoms with Crippen molar-refractivity contribution in [3.63, 3.8) is 0 Å². The Morgan fingerprint density at radius 2 is 1.42 bits per heavy atom. The summed E-state index contributed by atoms with van der Waals surface area (Å²) in [7, 11) is 0. The van der Waals surface area contributed by atoms with Crippen LogP contribution < -0.4 is 16.6 Å². The van der Waals surface area contributed by atoms with E-state index in [1.807, 2.05) is 85.8 Å². The van der Waals surface area contributed by atoms with Gasteiger partial charge in [-0.1, -0.05) is 78.9 Å². The predicted molar refractivity (Wildman–Crippen MR) is 139 cm³/mol. The van der Waals surface area contributed by atoms with Crippen LogP contribution in [0.25, 0.3) is 11.2 Å². The smallest absolute Gasteiger partial charge is 0.324 e. The van der Waals surface area contributed by atoms with E-state index < -0.39 is 23.7 Å². The first-order valence-electron chi connectivity index (χ1n) is 11.6. The fourth-order valence-electron chi connectivity index (χ4n) is 4.23. The molecule has 8 heteroatoms. The van der Waals surface area contributed by atoms with Gasteiger partial charge in [0.15, 0.2) is 11.2 Å². The number of aromatic nitrogens is 4. The summed E-state index contributed by atoms with van der Waals surface area (Å²) in [6, 6.07) is 26.5. The van der Waals surface area contributed by atoms with Crippen LogP contribution in [0.15, 0.2) is 101 Å². The van der Waals surface area contributed by atoms with Crippen LogP contribution >= 0.6 is 0 Å². The van der Waals surface area contributed by atoms with Crippen molar-refractivity contribution in [3.05, 3.63) is 129 Å². The molecule has 3 aromatic carbocycles. The van der Waals surface area contributed by atoms with Gasteiger partial charge in [-0.2, -0.15) is 0 Å². The molecule has 5 aromatic rings. The summed E-state index contributed by atoms with van der Waals surface area (Å²) in [6.45, 7) is 2.10. The van der Waals surface area contributed by atoms with Crippen LogP contribution in [0.4, 0.5) is 5.69 Å². The number of aryl methyl sites for hydroxylation is 1. The average Bonchev–Trinajstić information content (AvgIpc) is 3.30. The van der Waals surface area contributed by atoms with Gasteiger partial charge in [-0.3, -0.25) is 14.2 Å². The Labute approximate surface area is 207 Å². The van der Waals surface area contributed by atoms with E-state index in [9.17, 15) is 14.4 Å². The summed E-state index contributed by atoms with van der Waals surface area (Å²) in [6.07, 6.45) is 1.57. The van der Waals surface area contributed by atoms with Crippen LogP contribution in [0.3, 0.4) is 0 Å². The minimum absolute atomic E-state index is 0.220. The third-order valence-electron chi connectivity index (χ3n) is 6.08. The molecule has 0 aliphatic rings. The Bertz CT molecular complexity index is 1650. The molecule has 0 saturated carbocycles. The molecule has 1 amide bonds. The van der Waals surface area contributed by atoms with Crippen molar-refractivity contribution >= 4 is 22.8 Å². The van der Waals surface area contributed by atoms with E-state index in [2.05, 4.69) is 10.3 Å². The molecule has 0 aliphatic heterocycles. The Morgan fingerprint density at radius 3 is 2.08 bits per heavy atom. The van der Waals surface area contributed by atoms with Crippen LogP contribution in [0.5, 0.6) is 0 Å². The fraction of sp³-hybridized carbons (Fsp3) is 0.143.